The van der Waals surface area contributed by atoms with E-state index in [2.05, 4.69) is 26.3 Å². The monoisotopic (exact) mass is 202 g/mol. The summed E-state index contributed by atoms with van der Waals surface area (Å²) in [6.45, 7) is 11.8. The first kappa shape index (κ1) is 11.8. The number of hydrogen-bond donors (Lipinski definition) is 0. The summed E-state index contributed by atoms with van der Waals surface area (Å²) in [5, 5.41) is 0. The fourth-order valence-corrected chi connectivity index (χ4v) is 7.80. The molecule has 0 heterocycles. The topological polar surface area (TPSA) is 18.5 Å². The van der Waals surface area contributed by atoms with Gasteiger partial charge in [-0.1, -0.05) is 11.4 Å². The normalized spacial score (nSPS) is 20.7. The van der Waals surface area contributed by atoms with Gasteiger partial charge in [-0.15, -0.1) is 13.2 Å². The first-order chi connectivity index (χ1) is 5.49. The Balaban J connectivity index is 4.90. The van der Waals surface area contributed by atoms with Crippen molar-refractivity contribution < 1.29 is 8.85 Å². The Morgan fingerprint density at radius 2 is 1.17 bits per heavy atom. The molecule has 0 aromatic carbocycles. The van der Waals surface area contributed by atoms with Crippen molar-refractivity contribution >= 4 is 15.7 Å². The lowest BCUT2D eigenvalue weighted by molar-refractivity contribution is 0.385. The van der Waals surface area contributed by atoms with Gasteiger partial charge in [0.15, 0.2) is 0 Å². The highest BCUT2D eigenvalue weighted by atomic mass is 29.3. The fraction of sp³-hybridized carbons (Fsp3) is 0.500. The summed E-state index contributed by atoms with van der Waals surface area (Å²) in [5.74, 6) is 0. The molecule has 0 saturated heterocycles. The summed E-state index contributed by atoms with van der Waals surface area (Å²) < 4.78 is 11.0. The lowest BCUT2D eigenvalue weighted by Crippen LogP contribution is -2.60. The molecule has 0 aromatic heterocycles. The van der Waals surface area contributed by atoms with Crippen LogP contribution in [0.15, 0.2) is 24.6 Å². The van der Waals surface area contributed by atoms with E-state index in [1.807, 2.05) is 11.4 Å². The molecule has 0 N–H and O–H groups in total. The molecule has 70 valence electrons. The molecule has 0 rings (SSSR count). The van der Waals surface area contributed by atoms with E-state index in [0.717, 1.165) is 0 Å². The van der Waals surface area contributed by atoms with Gasteiger partial charge in [-0.3, -0.25) is 0 Å². The molecule has 2 unspecified atom stereocenters. The maximum Gasteiger partial charge on any atom is 0.234 e. The van der Waals surface area contributed by atoms with Crippen LogP contribution in [0.3, 0.4) is 0 Å². The quantitative estimate of drug-likeness (QED) is 0.635. The van der Waals surface area contributed by atoms with Gasteiger partial charge in [-0.05, 0) is 13.1 Å². The van der Waals surface area contributed by atoms with E-state index in [9.17, 15) is 0 Å². The third-order valence-corrected chi connectivity index (χ3v) is 16.2. The van der Waals surface area contributed by atoms with Crippen LogP contribution in [0.5, 0.6) is 0 Å². The highest BCUT2D eigenvalue weighted by molar-refractivity contribution is 7.40. The molecule has 0 aliphatic carbocycles. The molecule has 0 fully saturated rings. The average molecular weight is 202 g/mol. The zero-order valence-electron chi connectivity index (χ0n) is 8.39. The molecular formula is C8H18O2Si2. The Morgan fingerprint density at radius 1 is 0.917 bits per heavy atom. The zero-order valence-corrected chi connectivity index (χ0v) is 10.4. The molecule has 0 bridgehead atoms. The van der Waals surface area contributed by atoms with Crippen molar-refractivity contribution in [3.63, 3.8) is 0 Å². The minimum absolute atomic E-state index is 1.72. The van der Waals surface area contributed by atoms with Crippen LogP contribution in [0.4, 0.5) is 0 Å². The Bertz CT molecular complexity index is 164. The van der Waals surface area contributed by atoms with Crippen molar-refractivity contribution in [1.29, 1.82) is 0 Å². The van der Waals surface area contributed by atoms with E-state index in [1.165, 1.54) is 0 Å². The predicted octanol–water partition coefficient (Wildman–Crippen LogP) is 1.96. The van der Waals surface area contributed by atoms with Gasteiger partial charge in [0.25, 0.3) is 0 Å². The molecule has 0 amide bonds. The molecule has 2 atom stereocenters. The molecule has 0 saturated carbocycles. The second-order valence-corrected chi connectivity index (χ2v) is 15.0. The molecule has 0 aliphatic rings. The molecule has 0 aromatic rings. The zero-order chi connectivity index (χ0) is 9.83. The highest BCUT2D eigenvalue weighted by Crippen LogP contribution is 2.22. The van der Waals surface area contributed by atoms with Crippen LogP contribution >= 0.6 is 0 Å². The van der Waals surface area contributed by atoms with Crippen LogP contribution in [-0.4, -0.2) is 29.9 Å². The SMILES string of the molecule is C=C[Si](C)(OC)[Si](C)(C=C)OC. The van der Waals surface area contributed by atoms with Crippen LogP contribution in [-0.2, 0) is 8.85 Å². The van der Waals surface area contributed by atoms with Gasteiger partial charge in [0.1, 0.15) is 0 Å². The third-order valence-electron chi connectivity index (χ3n) is 2.61. The van der Waals surface area contributed by atoms with Crippen molar-refractivity contribution in [1.82, 2.24) is 0 Å². The maximum atomic E-state index is 5.52. The predicted molar refractivity (Wildman–Crippen MR) is 57.6 cm³/mol. The minimum Gasteiger partial charge on any atom is -0.416 e. The molecular weight excluding hydrogens is 184 g/mol. The van der Waals surface area contributed by atoms with E-state index in [4.69, 9.17) is 8.85 Å². The average Bonchev–Trinajstić information content (AvgIpc) is 2.15. The van der Waals surface area contributed by atoms with Crippen LogP contribution in [0.1, 0.15) is 0 Å². The van der Waals surface area contributed by atoms with Crippen molar-refractivity contribution in [3.05, 3.63) is 24.6 Å². The van der Waals surface area contributed by atoms with Crippen molar-refractivity contribution in [3.8, 4) is 0 Å². The van der Waals surface area contributed by atoms with E-state index >= 15 is 0 Å². The summed E-state index contributed by atoms with van der Waals surface area (Å²) in [7, 11) is -0.329. The molecule has 4 heteroatoms. The third kappa shape index (κ3) is 1.77. The Morgan fingerprint density at radius 3 is 1.25 bits per heavy atom. The van der Waals surface area contributed by atoms with Gasteiger partial charge in [-0.25, -0.2) is 0 Å². The summed E-state index contributed by atoms with van der Waals surface area (Å²) in [4.78, 5) is 0. The standard InChI is InChI=1S/C8H18O2Si2/c1-7-11(5,9-3)12(6,8-2)10-4/h7-8H,1-2H2,3-6H3. The Hall–Kier alpha value is -0.166. The number of hydrogen-bond acceptors (Lipinski definition) is 2. The van der Waals surface area contributed by atoms with E-state index < -0.39 is 15.7 Å². The van der Waals surface area contributed by atoms with Gasteiger partial charge < -0.3 is 8.85 Å². The van der Waals surface area contributed by atoms with E-state index in [0.29, 0.717) is 0 Å². The summed E-state index contributed by atoms with van der Waals surface area (Å²) >= 11 is 0. The molecule has 0 aliphatic heterocycles. The first-order valence-electron chi connectivity index (χ1n) is 3.87. The van der Waals surface area contributed by atoms with E-state index in [-0.39, 0.29) is 0 Å². The minimum atomic E-state index is -1.89. The molecule has 0 spiro atoms. The number of rotatable bonds is 5. The largest absolute Gasteiger partial charge is 0.416 e. The van der Waals surface area contributed by atoms with E-state index in [1.54, 1.807) is 14.2 Å². The van der Waals surface area contributed by atoms with Crippen LogP contribution in [0, 0.1) is 0 Å². The van der Waals surface area contributed by atoms with Gasteiger partial charge >= 0.3 is 0 Å². The first-order valence-corrected chi connectivity index (χ1v) is 9.84. The van der Waals surface area contributed by atoms with Crippen LogP contribution in [0.25, 0.3) is 0 Å². The van der Waals surface area contributed by atoms with Crippen molar-refractivity contribution in [2.24, 2.45) is 0 Å². The smallest absolute Gasteiger partial charge is 0.234 e. The summed E-state index contributed by atoms with van der Waals surface area (Å²) in [6.07, 6.45) is 0. The van der Waals surface area contributed by atoms with Gasteiger partial charge in [0.05, 0.1) is 0 Å². The summed E-state index contributed by atoms with van der Waals surface area (Å²) in [5.41, 5.74) is 3.84. The molecule has 0 radical (unpaired) electrons. The molecule has 2 nitrogen and oxygen atoms in total. The van der Waals surface area contributed by atoms with Gasteiger partial charge in [0.2, 0.25) is 15.7 Å². The highest BCUT2D eigenvalue weighted by Gasteiger charge is 2.47. The van der Waals surface area contributed by atoms with Crippen molar-refractivity contribution in [2.75, 3.05) is 14.2 Å². The van der Waals surface area contributed by atoms with Gasteiger partial charge in [0, 0.05) is 14.2 Å². The molecule has 12 heavy (non-hydrogen) atoms. The van der Waals surface area contributed by atoms with Crippen molar-refractivity contribution in [2.45, 2.75) is 13.1 Å². The fourth-order valence-electron chi connectivity index (χ4n) is 0.977. The maximum absolute atomic E-state index is 5.52. The summed E-state index contributed by atoms with van der Waals surface area (Å²) in [6, 6.07) is 0. The van der Waals surface area contributed by atoms with Crippen LogP contribution in [0.2, 0.25) is 13.1 Å². The lowest BCUT2D eigenvalue weighted by Gasteiger charge is -2.35. The Kier molecular flexibility index (Phi) is 4.12. The Labute approximate surface area is 76.9 Å². The van der Waals surface area contributed by atoms with Gasteiger partial charge in [-0.2, -0.15) is 0 Å². The second-order valence-electron chi connectivity index (χ2n) is 3.03. The second kappa shape index (κ2) is 4.18. The lowest BCUT2D eigenvalue weighted by atomic mass is 11.3. The van der Waals surface area contributed by atoms with Crippen LogP contribution < -0.4 is 0 Å².